The van der Waals surface area contributed by atoms with Gasteiger partial charge >= 0.3 is 0 Å². The molecule has 1 N–H and O–H groups in total. The summed E-state index contributed by atoms with van der Waals surface area (Å²) in [5.74, 6) is -0.827. The summed E-state index contributed by atoms with van der Waals surface area (Å²) in [6.45, 7) is 3.85. The van der Waals surface area contributed by atoms with Crippen molar-refractivity contribution in [1.29, 1.82) is 0 Å². The number of anilines is 1. The Bertz CT molecular complexity index is 1350. The molecule has 3 aromatic carbocycles. The third kappa shape index (κ3) is 7.97. The van der Waals surface area contributed by atoms with Crippen molar-refractivity contribution in [3.8, 4) is 0 Å². The Hall–Kier alpha value is -3.07. The molecule has 0 fully saturated rings. The van der Waals surface area contributed by atoms with Gasteiger partial charge in [0.15, 0.2) is 0 Å². The lowest BCUT2D eigenvalue weighted by atomic mass is 10.1. The van der Waals surface area contributed by atoms with Crippen LogP contribution in [-0.2, 0) is 26.2 Å². The molecule has 39 heavy (non-hydrogen) atoms. The van der Waals surface area contributed by atoms with Crippen LogP contribution in [-0.4, -0.2) is 44.3 Å². The molecule has 0 heterocycles. The van der Waals surface area contributed by atoms with Crippen molar-refractivity contribution in [2.24, 2.45) is 0 Å². The van der Waals surface area contributed by atoms with Gasteiger partial charge in [0.25, 0.3) is 10.0 Å². The predicted octanol–water partition coefficient (Wildman–Crippen LogP) is 5.91. The van der Waals surface area contributed by atoms with Crippen LogP contribution in [0.15, 0.2) is 83.8 Å². The number of nitrogens with one attached hydrogen (secondary N) is 1. The van der Waals surface area contributed by atoms with E-state index in [0.29, 0.717) is 34.3 Å². The molecule has 208 valence electrons. The molecular weight excluding hydrogens is 557 g/mol. The molecule has 2 amide bonds. The van der Waals surface area contributed by atoms with Gasteiger partial charge in [-0.1, -0.05) is 79.9 Å². The van der Waals surface area contributed by atoms with Crippen LogP contribution in [0.3, 0.4) is 0 Å². The molecular formula is C29H33Cl2N3O4S. The molecule has 0 saturated heterocycles. The zero-order valence-corrected chi connectivity index (χ0v) is 24.3. The van der Waals surface area contributed by atoms with Gasteiger partial charge in [0, 0.05) is 23.1 Å². The highest BCUT2D eigenvalue weighted by Gasteiger charge is 2.33. The molecule has 3 rings (SSSR count). The molecule has 0 aliphatic heterocycles. The van der Waals surface area contributed by atoms with Gasteiger partial charge in [-0.25, -0.2) is 8.42 Å². The van der Waals surface area contributed by atoms with Crippen LogP contribution in [0.25, 0.3) is 0 Å². The number of hydrogen-bond acceptors (Lipinski definition) is 4. The number of para-hydroxylation sites is 1. The highest BCUT2D eigenvalue weighted by atomic mass is 35.5. The second-order valence-electron chi connectivity index (χ2n) is 8.98. The Balaban J connectivity index is 2.02. The van der Waals surface area contributed by atoms with E-state index in [1.807, 2.05) is 13.8 Å². The third-order valence-electron chi connectivity index (χ3n) is 6.24. The Morgan fingerprint density at radius 1 is 0.897 bits per heavy atom. The number of sulfonamides is 1. The fourth-order valence-corrected chi connectivity index (χ4v) is 5.83. The van der Waals surface area contributed by atoms with Crippen molar-refractivity contribution in [1.82, 2.24) is 10.2 Å². The summed E-state index contributed by atoms with van der Waals surface area (Å²) in [7, 11) is -4.15. The van der Waals surface area contributed by atoms with Gasteiger partial charge in [-0.15, -0.1) is 0 Å². The van der Waals surface area contributed by atoms with Crippen molar-refractivity contribution < 1.29 is 18.0 Å². The second-order valence-corrected chi connectivity index (χ2v) is 11.7. The van der Waals surface area contributed by atoms with Crippen LogP contribution in [0, 0.1) is 0 Å². The molecule has 3 aromatic rings. The first-order valence-corrected chi connectivity index (χ1v) is 15.0. The summed E-state index contributed by atoms with van der Waals surface area (Å²) in [4.78, 5) is 28.6. The Labute approximate surface area is 240 Å². The minimum absolute atomic E-state index is 0.00874. The number of amides is 2. The van der Waals surface area contributed by atoms with Crippen molar-refractivity contribution in [3.05, 3.63) is 94.5 Å². The molecule has 0 radical (unpaired) electrons. The lowest BCUT2D eigenvalue weighted by Crippen LogP contribution is -2.52. The van der Waals surface area contributed by atoms with Gasteiger partial charge in [0.2, 0.25) is 11.8 Å². The van der Waals surface area contributed by atoms with E-state index in [2.05, 4.69) is 5.32 Å². The van der Waals surface area contributed by atoms with E-state index >= 15 is 0 Å². The van der Waals surface area contributed by atoms with Crippen molar-refractivity contribution in [2.75, 3.05) is 17.4 Å². The summed E-state index contributed by atoms with van der Waals surface area (Å²) in [5.41, 5.74) is 0.970. The quantitative estimate of drug-likeness (QED) is 0.251. The largest absolute Gasteiger partial charge is 0.354 e. The lowest BCUT2D eigenvalue weighted by molar-refractivity contribution is -0.140. The number of halogens is 2. The summed E-state index contributed by atoms with van der Waals surface area (Å²) < 4.78 is 28.6. The zero-order valence-electron chi connectivity index (χ0n) is 22.0. The maximum atomic E-state index is 14.0. The molecule has 0 aliphatic carbocycles. The van der Waals surface area contributed by atoms with E-state index in [-0.39, 0.29) is 17.3 Å². The second kappa shape index (κ2) is 14.4. The standard InChI is InChI=1S/C29H33Cl2N3O4S/c1-3-5-19-32-29(36)27(4-2)33(20-22-11-9-10-14-26(22)31)28(35)21-34(24-12-7-6-8-13-24)39(37,38)25-17-15-23(30)16-18-25/h6-18,27H,3-5,19-21H2,1-2H3,(H,32,36)/t27-/m1/s1. The van der Waals surface area contributed by atoms with Crippen LogP contribution in [0.4, 0.5) is 5.69 Å². The Kier molecular flexibility index (Phi) is 11.2. The van der Waals surface area contributed by atoms with Gasteiger partial charge in [-0.05, 0) is 60.9 Å². The van der Waals surface area contributed by atoms with Crippen LogP contribution < -0.4 is 9.62 Å². The topological polar surface area (TPSA) is 86.8 Å². The maximum Gasteiger partial charge on any atom is 0.264 e. The molecule has 0 unspecified atom stereocenters. The number of hydrogen-bond donors (Lipinski definition) is 1. The first-order valence-electron chi connectivity index (χ1n) is 12.8. The van der Waals surface area contributed by atoms with E-state index in [4.69, 9.17) is 23.2 Å². The summed E-state index contributed by atoms with van der Waals surface area (Å²) in [5, 5.41) is 3.75. The van der Waals surface area contributed by atoms with E-state index in [0.717, 1.165) is 17.1 Å². The fourth-order valence-electron chi connectivity index (χ4n) is 4.09. The van der Waals surface area contributed by atoms with Crippen LogP contribution >= 0.6 is 23.2 Å². The predicted molar refractivity (Wildman–Crippen MR) is 156 cm³/mol. The molecule has 10 heteroatoms. The number of carbonyl (C=O) groups excluding carboxylic acids is 2. The average molecular weight is 591 g/mol. The lowest BCUT2D eigenvalue weighted by Gasteiger charge is -2.33. The van der Waals surface area contributed by atoms with E-state index < -0.39 is 28.5 Å². The first-order chi connectivity index (χ1) is 18.7. The van der Waals surface area contributed by atoms with Crippen molar-refractivity contribution >= 4 is 50.7 Å². The monoisotopic (exact) mass is 589 g/mol. The molecule has 0 aromatic heterocycles. The Morgan fingerprint density at radius 2 is 1.54 bits per heavy atom. The van der Waals surface area contributed by atoms with Gasteiger partial charge < -0.3 is 10.2 Å². The summed E-state index contributed by atoms with van der Waals surface area (Å²) in [6, 6.07) is 20.4. The smallest absolute Gasteiger partial charge is 0.264 e. The van der Waals surface area contributed by atoms with Crippen molar-refractivity contribution in [3.63, 3.8) is 0 Å². The average Bonchev–Trinajstić information content (AvgIpc) is 2.93. The molecule has 0 saturated carbocycles. The number of carbonyl (C=O) groups is 2. The highest BCUT2D eigenvalue weighted by molar-refractivity contribution is 7.92. The molecule has 1 atom stereocenters. The highest BCUT2D eigenvalue weighted by Crippen LogP contribution is 2.26. The molecule has 0 bridgehead atoms. The SMILES string of the molecule is CCCCNC(=O)[C@@H](CC)N(Cc1ccccc1Cl)C(=O)CN(c1ccccc1)S(=O)(=O)c1ccc(Cl)cc1. The van der Waals surface area contributed by atoms with Crippen LogP contribution in [0.2, 0.25) is 10.0 Å². The number of nitrogens with zero attached hydrogens (tertiary/aromatic N) is 2. The molecule has 0 spiro atoms. The normalized spacial score (nSPS) is 12.0. The third-order valence-corrected chi connectivity index (χ3v) is 8.65. The van der Waals surface area contributed by atoms with E-state index in [9.17, 15) is 18.0 Å². The summed E-state index contributed by atoms with van der Waals surface area (Å²) >= 11 is 12.4. The maximum absolute atomic E-state index is 14.0. The van der Waals surface area contributed by atoms with E-state index in [1.54, 1.807) is 54.6 Å². The first kappa shape index (κ1) is 30.5. The van der Waals surface area contributed by atoms with Gasteiger partial charge in [0.05, 0.1) is 10.6 Å². The van der Waals surface area contributed by atoms with E-state index in [1.165, 1.54) is 29.2 Å². The number of rotatable bonds is 13. The van der Waals surface area contributed by atoms with Gasteiger partial charge in [-0.2, -0.15) is 0 Å². The van der Waals surface area contributed by atoms with Crippen LogP contribution in [0.5, 0.6) is 0 Å². The van der Waals surface area contributed by atoms with Gasteiger partial charge in [-0.3, -0.25) is 13.9 Å². The molecule has 7 nitrogen and oxygen atoms in total. The minimum atomic E-state index is -4.15. The number of unbranched alkanes of at least 4 members (excludes halogenated alkanes) is 1. The Morgan fingerprint density at radius 3 is 2.15 bits per heavy atom. The summed E-state index contributed by atoms with van der Waals surface area (Å²) in [6.07, 6.45) is 2.05. The fraction of sp³-hybridized carbons (Fsp3) is 0.310. The van der Waals surface area contributed by atoms with Crippen LogP contribution in [0.1, 0.15) is 38.7 Å². The molecule has 0 aliphatic rings. The van der Waals surface area contributed by atoms with Gasteiger partial charge in [0.1, 0.15) is 12.6 Å². The van der Waals surface area contributed by atoms with Crippen molar-refractivity contribution in [2.45, 2.75) is 50.6 Å². The zero-order chi connectivity index (χ0) is 28.4. The minimum Gasteiger partial charge on any atom is -0.354 e. The number of benzene rings is 3.